The van der Waals surface area contributed by atoms with E-state index in [0.717, 1.165) is 16.7 Å². The van der Waals surface area contributed by atoms with E-state index in [1.807, 2.05) is 44.2 Å². The Labute approximate surface area is 225 Å². The molecule has 1 aromatic heterocycles. The van der Waals surface area contributed by atoms with Crippen LogP contribution in [0.3, 0.4) is 0 Å². The molecule has 0 spiro atoms. The SMILES string of the molecule is COc1cncc(-c2ccc(C(C)(C)NC(=O)Nc3ccc4c(c3)CN(C3CCC(=O)NC3=O)C4=O)cc2)c1. The molecule has 2 aromatic carbocycles. The molecule has 5 amide bonds. The number of pyridine rings is 1. The third kappa shape index (κ3) is 5.31. The number of anilines is 1. The van der Waals surface area contributed by atoms with E-state index >= 15 is 0 Å². The largest absolute Gasteiger partial charge is 0.495 e. The van der Waals surface area contributed by atoms with E-state index in [1.165, 1.54) is 4.90 Å². The van der Waals surface area contributed by atoms with Crippen LogP contribution in [-0.2, 0) is 21.7 Å². The van der Waals surface area contributed by atoms with Crippen LogP contribution >= 0.6 is 0 Å². The number of hydrogen-bond donors (Lipinski definition) is 3. The van der Waals surface area contributed by atoms with Crippen molar-refractivity contribution in [3.63, 3.8) is 0 Å². The zero-order chi connectivity index (χ0) is 27.7. The monoisotopic (exact) mass is 527 g/mol. The van der Waals surface area contributed by atoms with Crippen LogP contribution in [0.1, 0.15) is 48.2 Å². The normalized spacial score (nSPS) is 16.9. The number of rotatable bonds is 6. The summed E-state index contributed by atoms with van der Waals surface area (Å²) in [4.78, 5) is 55.2. The number of carbonyl (C=O) groups excluding carboxylic acids is 4. The molecular formula is C29H29N5O5. The van der Waals surface area contributed by atoms with Crippen molar-refractivity contribution in [1.29, 1.82) is 0 Å². The first-order valence-corrected chi connectivity index (χ1v) is 12.6. The van der Waals surface area contributed by atoms with Crippen molar-refractivity contribution in [2.24, 2.45) is 0 Å². The molecule has 3 N–H and O–H groups in total. The van der Waals surface area contributed by atoms with Crippen LogP contribution in [0, 0.1) is 0 Å². The lowest BCUT2D eigenvalue weighted by atomic mass is 9.92. The van der Waals surface area contributed by atoms with E-state index in [-0.39, 0.29) is 24.8 Å². The molecule has 1 fully saturated rings. The van der Waals surface area contributed by atoms with Gasteiger partial charge in [0, 0.05) is 36.0 Å². The molecule has 2 aliphatic heterocycles. The van der Waals surface area contributed by atoms with Crippen LogP contribution in [0.4, 0.5) is 10.5 Å². The highest BCUT2D eigenvalue weighted by atomic mass is 16.5. The molecule has 1 saturated heterocycles. The summed E-state index contributed by atoms with van der Waals surface area (Å²) >= 11 is 0. The predicted molar refractivity (Wildman–Crippen MR) is 144 cm³/mol. The smallest absolute Gasteiger partial charge is 0.319 e. The Balaban J connectivity index is 1.23. The number of imide groups is 1. The number of amides is 5. The number of carbonyl (C=O) groups is 4. The number of aromatic nitrogens is 1. The zero-order valence-electron chi connectivity index (χ0n) is 21.9. The summed E-state index contributed by atoms with van der Waals surface area (Å²) in [6.07, 6.45) is 3.91. The van der Waals surface area contributed by atoms with Crippen molar-refractivity contribution in [3.8, 4) is 16.9 Å². The number of piperidine rings is 1. The fourth-order valence-electron chi connectivity index (χ4n) is 4.94. The van der Waals surface area contributed by atoms with Crippen LogP contribution in [-0.4, -0.2) is 46.8 Å². The summed E-state index contributed by atoms with van der Waals surface area (Å²) in [5.74, 6) is -0.369. The maximum Gasteiger partial charge on any atom is 0.319 e. The average Bonchev–Trinajstić information content (AvgIpc) is 3.23. The highest BCUT2D eigenvalue weighted by Gasteiger charge is 2.39. The van der Waals surface area contributed by atoms with Gasteiger partial charge in [0.25, 0.3) is 5.91 Å². The van der Waals surface area contributed by atoms with Crippen LogP contribution in [0.15, 0.2) is 60.9 Å². The molecule has 3 heterocycles. The molecule has 10 heteroatoms. The van der Waals surface area contributed by atoms with Crippen LogP contribution in [0.5, 0.6) is 5.75 Å². The molecule has 3 aromatic rings. The standard InChI is InChI=1S/C29H29N5O5/c1-29(2,20-6-4-17(5-7-20)18-13-22(39-3)15-30-14-18)33-28(38)31-21-8-9-23-19(12-21)16-34(27(23)37)24-10-11-25(35)32-26(24)36/h4-9,12-15,24H,10-11,16H2,1-3H3,(H2,31,33,38)(H,32,35,36). The van der Waals surface area contributed by atoms with Gasteiger partial charge in [0.2, 0.25) is 11.8 Å². The lowest BCUT2D eigenvalue weighted by molar-refractivity contribution is -0.136. The van der Waals surface area contributed by atoms with Crippen LogP contribution in [0.2, 0.25) is 0 Å². The molecule has 10 nitrogen and oxygen atoms in total. The highest BCUT2D eigenvalue weighted by Crippen LogP contribution is 2.30. The van der Waals surface area contributed by atoms with E-state index in [1.54, 1.807) is 37.7 Å². The number of urea groups is 1. The average molecular weight is 528 g/mol. The van der Waals surface area contributed by atoms with Gasteiger partial charge in [-0.2, -0.15) is 0 Å². The fourth-order valence-corrected chi connectivity index (χ4v) is 4.94. The van der Waals surface area contributed by atoms with Crippen molar-refractivity contribution in [2.75, 3.05) is 12.4 Å². The molecule has 1 atom stereocenters. The topological polar surface area (TPSA) is 130 Å². The van der Waals surface area contributed by atoms with Gasteiger partial charge in [-0.05, 0) is 61.2 Å². The van der Waals surface area contributed by atoms with Gasteiger partial charge in [0.05, 0.1) is 18.8 Å². The number of fused-ring (bicyclic) bond motifs is 1. The van der Waals surface area contributed by atoms with Gasteiger partial charge in [-0.1, -0.05) is 24.3 Å². The first-order chi connectivity index (χ1) is 18.6. The van der Waals surface area contributed by atoms with Gasteiger partial charge in [-0.25, -0.2) is 4.79 Å². The molecule has 0 saturated carbocycles. The number of hydrogen-bond acceptors (Lipinski definition) is 6. The van der Waals surface area contributed by atoms with Gasteiger partial charge in [0.1, 0.15) is 11.8 Å². The second-order valence-electron chi connectivity index (χ2n) is 10.2. The molecule has 0 bridgehead atoms. The van der Waals surface area contributed by atoms with Gasteiger partial charge >= 0.3 is 6.03 Å². The Morgan fingerprint density at radius 2 is 1.82 bits per heavy atom. The third-order valence-corrected chi connectivity index (χ3v) is 7.10. The maximum absolute atomic E-state index is 12.9. The van der Waals surface area contributed by atoms with Crippen molar-refractivity contribution in [1.82, 2.24) is 20.5 Å². The van der Waals surface area contributed by atoms with Crippen LogP contribution in [0.25, 0.3) is 11.1 Å². The van der Waals surface area contributed by atoms with Gasteiger partial charge in [0.15, 0.2) is 0 Å². The molecule has 200 valence electrons. The fraction of sp³-hybridized carbons (Fsp3) is 0.276. The predicted octanol–water partition coefficient (Wildman–Crippen LogP) is 3.58. The lowest BCUT2D eigenvalue weighted by Gasteiger charge is -2.29. The number of nitrogens with one attached hydrogen (secondary N) is 3. The number of nitrogens with zero attached hydrogens (tertiary/aromatic N) is 2. The van der Waals surface area contributed by atoms with Crippen molar-refractivity contribution < 1.29 is 23.9 Å². The van der Waals surface area contributed by atoms with Crippen molar-refractivity contribution in [3.05, 3.63) is 77.6 Å². The quantitative estimate of drug-likeness (QED) is 0.420. The Morgan fingerprint density at radius 3 is 2.54 bits per heavy atom. The van der Waals surface area contributed by atoms with Crippen molar-refractivity contribution in [2.45, 2.75) is 44.8 Å². The second kappa shape index (κ2) is 10.2. The number of methoxy groups -OCH3 is 1. The van der Waals surface area contributed by atoms with E-state index in [9.17, 15) is 19.2 Å². The molecule has 5 rings (SSSR count). The van der Waals surface area contributed by atoms with Gasteiger partial charge in [-0.15, -0.1) is 0 Å². The second-order valence-corrected chi connectivity index (χ2v) is 10.2. The Morgan fingerprint density at radius 1 is 1.05 bits per heavy atom. The summed E-state index contributed by atoms with van der Waals surface area (Å²) < 4.78 is 5.25. The maximum atomic E-state index is 12.9. The van der Waals surface area contributed by atoms with E-state index in [4.69, 9.17) is 4.74 Å². The minimum atomic E-state index is -0.685. The number of ether oxygens (including phenoxy) is 1. The molecule has 2 aliphatic rings. The summed E-state index contributed by atoms with van der Waals surface area (Å²) in [6, 6.07) is 13.7. The van der Waals surface area contributed by atoms with Crippen LogP contribution < -0.4 is 20.7 Å². The summed E-state index contributed by atoms with van der Waals surface area (Å²) in [5.41, 5.74) is 3.86. The minimum absolute atomic E-state index is 0.195. The molecular weight excluding hydrogens is 498 g/mol. The first kappa shape index (κ1) is 25.9. The molecule has 1 unspecified atom stereocenters. The van der Waals surface area contributed by atoms with Crippen molar-refractivity contribution >= 4 is 29.4 Å². The third-order valence-electron chi connectivity index (χ3n) is 7.10. The summed E-state index contributed by atoms with van der Waals surface area (Å²) in [6.45, 7) is 4.06. The van der Waals surface area contributed by atoms with E-state index in [2.05, 4.69) is 20.9 Å². The van der Waals surface area contributed by atoms with E-state index < -0.39 is 23.5 Å². The Bertz CT molecular complexity index is 1470. The zero-order valence-corrected chi connectivity index (χ0v) is 21.9. The van der Waals surface area contributed by atoms with E-state index in [0.29, 0.717) is 29.0 Å². The summed E-state index contributed by atoms with van der Waals surface area (Å²) in [7, 11) is 1.60. The van der Waals surface area contributed by atoms with Gasteiger partial charge < -0.3 is 20.3 Å². The van der Waals surface area contributed by atoms with Gasteiger partial charge in [-0.3, -0.25) is 24.7 Å². The highest BCUT2D eigenvalue weighted by molar-refractivity contribution is 6.05. The molecule has 0 radical (unpaired) electrons. The number of benzene rings is 2. The molecule has 39 heavy (non-hydrogen) atoms. The molecule has 0 aliphatic carbocycles. The lowest BCUT2D eigenvalue weighted by Crippen LogP contribution is -2.52. The summed E-state index contributed by atoms with van der Waals surface area (Å²) in [5, 5.41) is 8.14. The first-order valence-electron chi connectivity index (χ1n) is 12.6. The minimum Gasteiger partial charge on any atom is -0.495 e. The Hall–Kier alpha value is -4.73. The Kier molecular flexibility index (Phi) is 6.78.